The average Bonchev–Trinajstić information content (AvgIpc) is 2.16. The van der Waals surface area contributed by atoms with Gasteiger partial charge in [0.1, 0.15) is 0 Å². The summed E-state index contributed by atoms with van der Waals surface area (Å²) in [4.78, 5) is 10.8. The van der Waals surface area contributed by atoms with Crippen LogP contribution in [0.3, 0.4) is 0 Å². The molecular weight excluding hydrogens is 285 g/mol. The first kappa shape index (κ1) is 16.0. The molecule has 0 aliphatic rings. The molecule has 0 fully saturated rings. The van der Waals surface area contributed by atoms with Crippen LogP contribution in [0, 0.1) is 6.92 Å². The first-order valence-electron chi connectivity index (χ1n) is 4.52. The topological polar surface area (TPSA) is 26.3 Å². The van der Waals surface area contributed by atoms with Gasteiger partial charge in [-0.05, 0) is 13.3 Å². The van der Waals surface area contributed by atoms with Crippen molar-refractivity contribution in [2.45, 2.75) is 39.0 Å². The molecular formula is C9H17BrO2Zn. The summed E-state index contributed by atoms with van der Waals surface area (Å²) in [6, 6.07) is 0. The molecule has 74 valence electrons. The van der Waals surface area contributed by atoms with Crippen LogP contribution >= 0.6 is 13.6 Å². The van der Waals surface area contributed by atoms with Crippen molar-refractivity contribution in [3.8, 4) is 0 Å². The Morgan fingerprint density at radius 2 is 2.00 bits per heavy atom. The third kappa shape index (κ3) is 15.3. The number of hydrogen-bond donors (Lipinski definition) is 0. The van der Waals surface area contributed by atoms with Crippen LogP contribution in [0.15, 0.2) is 0 Å². The molecule has 0 aliphatic heterocycles. The van der Waals surface area contributed by atoms with Crippen molar-refractivity contribution in [3.05, 3.63) is 6.92 Å². The molecule has 0 unspecified atom stereocenters. The van der Waals surface area contributed by atoms with Crippen LogP contribution in [-0.4, -0.2) is 12.6 Å². The van der Waals surface area contributed by atoms with Gasteiger partial charge in [0.25, 0.3) is 0 Å². The Hall–Kier alpha value is 0.573. The van der Waals surface area contributed by atoms with E-state index in [4.69, 9.17) is 4.74 Å². The number of ether oxygens (including phenoxy) is 1. The molecule has 0 rings (SSSR count). The Kier molecular flexibility index (Phi) is 18.6. The van der Waals surface area contributed by atoms with Gasteiger partial charge in [0.05, 0.1) is 6.61 Å². The van der Waals surface area contributed by atoms with Gasteiger partial charge in [-0.2, -0.15) is 6.42 Å². The maximum absolute atomic E-state index is 10.8. The van der Waals surface area contributed by atoms with Gasteiger partial charge < -0.3 is 11.7 Å². The quantitative estimate of drug-likeness (QED) is 0.326. The molecule has 0 aromatic rings. The van der Waals surface area contributed by atoms with E-state index in [1.165, 1.54) is 16.3 Å². The molecule has 0 aromatic carbocycles. The fourth-order valence-corrected chi connectivity index (χ4v) is 0.856. The summed E-state index contributed by atoms with van der Waals surface area (Å²) in [5.74, 6) is -0.0726. The summed E-state index contributed by atoms with van der Waals surface area (Å²) in [6.45, 7) is 6.04. The number of esters is 1. The van der Waals surface area contributed by atoms with E-state index < -0.39 is 0 Å². The molecule has 0 aliphatic carbocycles. The fourth-order valence-electron chi connectivity index (χ4n) is 0.856. The minimum absolute atomic E-state index is 0.0726. The number of carbonyl (C=O) groups excluding carboxylic acids is 1. The summed E-state index contributed by atoms with van der Waals surface area (Å²) >= 11 is 4.25. The molecule has 0 N–H and O–H groups in total. The van der Waals surface area contributed by atoms with E-state index in [9.17, 15) is 4.79 Å². The Labute approximate surface area is 97.8 Å². The summed E-state index contributed by atoms with van der Waals surface area (Å²) in [6.07, 6.45) is 4.66. The van der Waals surface area contributed by atoms with Crippen molar-refractivity contribution in [2.75, 3.05) is 6.61 Å². The van der Waals surface area contributed by atoms with E-state index in [1.807, 2.05) is 6.92 Å². The van der Waals surface area contributed by atoms with Crippen molar-refractivity contribution >= 4 is 19.6 Å². The number of rotatable bonds is 6. The van der Waals surface area contributed by atoms with E-state index in [2.05, 4.69) is 20.5 Å². The van der Waals surface area contributed by atoms with Gasteiger partial charge in [0.15, 0.2) is 0 Å². The summed E-state index contributed by atoms with van der Waals surface area (Å²) in [5.41, 5.74) is 0. The molecule has 0 spiro atoms. The summed E-state index contributed by atoms with van der Waals surface area (Å²) < 4.78 is 4.77. The van der Waals surface area contributed by atoms with Crippen LogP contribution in [0.25, 0.3) is 0 Å². The number of hydrogen-bond acceptors (Lipinski definition) is 2. The van der Waals surface area contributed by atoms with Gasteiger partial charge in [-0.3, -0.25) is 4.79 Å². The van der Waals surface area contributed by atoms with E-state index >= 15 is 0 Å². The molecule has 0 atom stereocenters. The van der Waals surface area contributed by atoms with Gasteiger partial charge >= 0.3 is 35.9 Å². The van der Waals surface area contributed by atoms with E-state index in [0.717, 1.165) is 25.7 Å². The maximum atomic E-state index is 10.8. The predicted molar refractivity (Wildman–Crippen MR) is 54.0 cm³/mol. The molecule has 0 saturated carbocycles. The first-order valence-corrected chi connectivity index (χ1v) is 11.5. The monoisotopic (exact) mass is 300 g/mol. The molecule has 0 heterocycles. The van der Waals surface area contributed by atoms with Gasteiger partial charge in [0.2, 0.25) is 0 Å². The molecule has 0 aromatic heterocycles. The molecule has 0 radical (unpaired) electrons. The Balaban J connectivity index is 0. The van der Waals surface area contributed by atoms with Crippen LogP contribution < -0.4 is 0 Å². The van der Waals surface area contributed by atoms with Gasteiger partial charge in [-0.15, -0.1) is 0 Å². The first-order chi connectivity index (χ1) is 6.31. The minimum atomic E-state index is -0.0726. The average molecular weight is 303 g/mol. The van der Waals surface area contributed by atoms with Crippen molar-refractivity contribution in [2.24, 2.45) is 0 Å². The van der Waals surface area contributed by atoms with Crippen molar-refractivity contribution in [1.29, 1.82) is 0 Å². The number of carbonyl (C=O) groups is 1. The summed E-state index contributed by atoms with van der Waals surface area (Å²) in [7, 11) is 0. The second-order valence-corrected chi connectivity index (χ2v) is 2.47. The third-order valence-corrected chi connectivity index (χ3v) is 1.44. The van der Waals surface area contributed by atoms with Gasteiger partial charge in [-0.25, -0.2) is 0 Å². The van der Waals surface area contributed by atoms with E-state index in [-0.39, 0.29) is 5.97 Å². The van der Waals surface area contributed by atoms with Crippen molar-refractivity contribution in [1.82, 2.24) is 0 Å². The number of unbranched alkanes of at least 4 members (excludes halogenated alkanes) is 3. The Bertz CT molecular complexity index is 110. The molecule has 2 nitrogen and oxygen atoms in total. The van der Waals surface area contributed by atoms with Crippen LogP contribution in [0.1, 0.15) is 39.0 Å². The van der Waals surface area contributed by atoms with Gasteiger partial charge in [-0.1, -0.05) is 12.8 Å². The van der Waals surface area contributed by atoms with Crippen LogP contribution in [0.4, 0.5) is 0 Å². The van der Waals surface area contributed by atoms with Crippen LogP contribution in [0.5, 0.6) is 0 Å². The van der Waals surface area contributed by atoms with Crippen molar-refractivity contribution in [3.63, 3.8) is 0 Å². The number of halogens is 1. The van der Waals surface area contributed by atoms with Gasteiger partial charge in [0, 0.05) is 6.42 Å². The second-order valence-electron chi connectivity index (χ2n) is 2.47. The molecule has 4 heteroatoms. The molecule has 0 saturated heterocycles. The van der Waals surface area contributed by atoms with Crippen LogP contribution in [0.2, 0.25) is 0 Å². The third-order valence-electron chi connectivity index (χ3n) is 1.44. The zero-order valence-electron chi connectivity index (χ0n) is 8.35. The second kappa shape index (κ2) is 15.1. The zero-order valence-corrected chi connectivity index (χ0v) is 12.9. The molecule has 0 amide bonds. The van der Waals surface area contributed by atoms with E-state index in [0.29, 0.717) is 13.0 Å². The zero-order chi connectivity index (χ0) is 10.5. The van der Waals surface area contributed by atoms with E-state index in [1.54, 1.807) is 0 Å². The van der Waals surface area contributed by atoms with Crippen LogP contribution in [-0.2, 0) is 25.9 Å². The molecule has 0 bridgehead atoms. The normalized spacial score (nSPS) is 8.69. The fraction of sp³-hybridized carbons (Fsp3) is 0.778. The summed E-state index contributed by atoms with van der Waals surface area (Å²) in [5, 5.41) is 0. The Morgan fingerprint density at radius 1 is 1.38 bits per heavy atom. The standard InChI is InChI=1S/C9H17O2.BrH.Zn/c1-3-5-6-7-8-9(10)11-4-2;;/h1,3-8H2,2H3;1H;/q-1;;+2/p-1. The van der Waals surface area contributed by atoms with Crippen molar-refractivity contribution < 1.29 is 25.9 Å². The molecule has 13 heavy (non-hydrogen) atoms. The Morgan fingerprint density at radius 3 is 2.46 bits per heavy atom. The predicted octanol–water partition coefficient (Wildman–Crippen LogP) is 3.18. The SMILES string of the molecule is [CH2-]CCCCCC(=O)OCC.[Zn+][Br].